The maximum Gasteiger partial charge on any atom is 0.339 e. The zero-order chi connectivity index (χ0) is 14.0. The smallest absolute Gasteiger partial charge is 0.339 e. The molecule has 6 nitrogen and oxygen atoms in total. The van der Waals surface area contributed by atoms with Gasteiger partial charge in [0.15, 0.2) is 0 Å². The number of anilines is 1. The van der Waals surface area contributed by atoms with Crippen LogP contribution in [0.5, 0.6) is 0 Å². The zero-order valence-corrected chi connectivity index (χ0v) is 12.0. The van der Waals surface area contributed by atoms with Crippen molar-refractivity contribution < 1.29 is 14.7 Å². The molecule has 2 N–H and O–H groups in total. The fraction of sp³-hybridized carbons (Fsp3) is 0.417. The Labute approximate surface area is 118 Å². The number of nitrogens with zero attached hydrogens (tertiary/aromatic N) is 2. The number of carbonyl (C=O) groups excluding carboxylic acids is 1. The number of carboxylic acid groups (broad SMARTS) is 1. The number of hydrogen-bond donors (Lipinski definition) is 2. The Hall–Kier alpha value is -1.63. The van der Waals surface area contributed by atoms with Crippen molar-refractivity contribution in [2.75, 3.05) is 18.0 Å². The van der Waals surface area contributed by atoms with Gasteiger partial charge in [0.1, 0.15) is 11.4 Å². The second-order valence-electron chi connectivity index (χ2n) is 4.46. The molecule has 0 saturated carbocycles. The lowest BCUT2D eigenvalue weighted by Crippen LogP contribution is -2.36. The van der Waals surface area contributed by atoms with Gasteiger partial charge in [0, 0.05) is 36.7 Å². The highest BCUT2D eigenvalue weighted by Gasteiger charge is 2.27. The Balaban J connectivity index is 2.19. The number of carbonyl (C=O) groups is 2. The fourth-order valence-corrected chi connectivity index (χ4v) is 2.53. The maximum absolute atomic E-state index is 11.2. The van der Waals surface area contributed by atoms with Crippen LogP contribution in [0.2, 0.25) is 0 Å². The van der Waals surface area contributed by atoms with Gasteiger partial charge in [0.2, 0.25) is 5.91 Å². The van der Waals surface area contributed by atoms with Crippen LogP contribution in [0, 0.1) is 0 Å². The highest BCUT2D eigenvalue weighted by Crippen LogP contribution is 2.25. The van der Waals surface area contributed by atoms with E-state index < -0.39 is 5.97 Å². The highest BCUT2D eigenvalue weighted by molar-refractivity contribution is 9.10. The van der Waals surface area contributed by atoms with Crippen molar-refractivity contribution in [3.8, 4) is 0 Å². The average Bonchev–Trinajstić information content (AvgIpc) is 2.76. The topological polar surface area (TPSA) is 82.5 Å². The summed E-state index contributed by atoms with van der Waals surface area (Å²) in [6.07, 6.45) is 2.36. The monoisotopic (exact) mass is 327 g/mol. The van der Waals surface area contributed by atoms with E-state index in [0.717, 1.165) is 6.42 Å². The first-order valence-electron chi connectivity index (χ1n) is 5.88. The third-order valence-corrected chi connectivity index (χ3v) is 3.39. The molecule has 0 aliphatic carbocycles. The molecule has 2 rings (SSSR count). The Morgan fingerprint density at radius 3 is 2.95 bits per heavy atom. The van der Waals surface area contributed by atoms with Crippen LogP contribution in [0.15, 0.2) is 16.7 Å². The number of aromatic carboxylic acids is 1. The van der Waals surface area contributed by atoms with Crippen LogP contribution in [0.25, 0.3) is 0 Å². The summed E-state index contributed by atoms with van der Waals surface area (Å²) in [7, 11) is 0. The third-order valence-electron chi connectivity index (χ3n) is 2.96. The lowest BCUT2D eigenvalue weighted by Gasteiger charge is -2.19. The molecule has 2 heterocycles. The van der Waals surface area contributed by atoms with Gasteiger partial charge in [-0.15, -0.1) is 0 Å². The molecule has 1 aliphatic heterocycles. The second kappa shape index (κ2) is 5.56. The van der Waals surface area contributed by atoms with E-state index in [1.54, 1.807) is 6.20 Å². The number of rotatable bonds is 3. The normalized spacial score (nSPS) is 18.4. The first-order chi connectivity index (χ1) is 8.97. The predicted molar refractivity (Wildman–Crippen MR) is 73.3 cm³/mol. The summed E-state index contributed by atoms with van der Waals surface area (Å²) < 4.78 is 0.631. The summed E-state index contributed by atoms with van der Waals surface area (Å²) in [6, 6.07) is 1.58. The number of hydrogen-bond acceptors (Lipinski definition) is 4. The molecule has 1 aliphatic rings. The number of halogens is 1. The van der Waals surface area contributed by atoms with Crippen molar-refractivity contribution in [3.63, 3.8) is 0 Å². The van der Waals surface area contributed by atoms with Crippen molar-refractivity contribution in [1.82, 2.24) is 10.3 Å². The summed E-state index contributed by atoms with van der Waals surface area (Å²) in [5.41, 5.74) is 0.165. The first-order valence-corrected chi connectivity index (χ1v) is 6.67. The minimum atomic E-state index is -1.01. The number of nitrogens with one attached hydrogen (secondary N) is 1. The van der Waals surface area contributed by atoms with Gasteiger partial charge in [-0.25, -0.2) is 9.78 Å². The molecule has 102 valence electrons. The van der Waals surface area contributed by atoms with Gasteiger partial charge >= 0.3 is 5.97 Å². The van der Waals surface area contributed by atoms with Crippen molar-refractivity contribution in [2.24, 2.45) is 0 Å². The van der Waals surface area contributed by atoms with E-state index in [2.05, 4.69) is 26.2 Å². The molecule has 0 radical (unpaired) electrons. The molecule has 19 heavy (non-hydrogen) atoms. The second-order valence-corrected chi connectivity index (χ2v) is 5.38. The Morgan fingerprint density at radius 2 is 2.32 bits per heavy atom. The van der Waals surface area contributed by atoms with E-state index in [1.807, 2.05) is 4.90 Å². The Bertz CT molecular complexity index is 521. The number of pyridine rings is 1. The van der Waals surface area contributed by atoms with Crippen molar-refractivity contribution in [3.05, 3.63) is 22.3 Å². The van der Waals surface area contributed by atoms with Crippen LogP contribution in [-0.4, -0.2) is 41.1 Å². The molecule has 1 unspecified atom stereocenters. The molecular formula is C12H14BrN3O3. The Morgan fingerprint density at radius 1 is 1.58 bits per heavy atom. The standard InChI is InChI=1S/C12H14BrN3O3/c1-7(17)15-9-2-3-16(6-9)11-10(12(18)19)4-8(13)5-14-11/h4-5,9H,2-3,6H2,1H3,(H,15,17)(H,18,19). The molecule has 1 aromatic rings. The molecule has 1 saturated heterocycles. The van der Waals surface area contributed by atoms with E-state index in [-0.39, 0.29) is 17.5 Å². The summed E-state index contributed by atoms with van der Waals surface area (Å²) in [5, 5.41) is 12.0. The van der Waals surface area contributed by atoms with Crippen LogP contribution in [0.1, 0.15) is 23.7 Å². The molecular weight excluding hydrogens is 314 g/mol. The average molecular weight is 328 g/mol. The minimum Gasteiger partial charge on any atom is -0.478 e. The van der Waals surface area contributed by atoms with Gasteiger partial charge in [-0.05, 0) is 28.4 Å². The summed E-state index contributed by atoms with van der Waals surface area (Å²) in [5.74, 6) is -0.635. The van der Waals surface area contributed by atoms with Gasteiger partial charge in [-0.1, -0.05) is 0 Å². The summed E-state index contributed by atoms with van der Waals surface area (Å²) >= 11 is 3.22. The van der Waals surface area contributed by atoms with E-state index in [1.165, 1.54) is 13.0 Å². The molecule has 0 aromatic carbocycles. The lowest BCUT2D eigenvalue weighted by molar-refractivity contribution is -0.119. The van der Waals surface area contributed by atoms with Crippen molar-refractivity contribution in [2.45, 2.75) is 19.4 Å². The van der Waals surface area contributed by atoms with Gasteiger partial charge in [0.25, 0.3) is 0 Å². The van der Waals surface area contributed by atoms with Crippen LogP contribution in [0.3, 0.4) is 0 Å². The van der Waals surface area contributed by atoms with E-state index in [9.17, 15) is 14.7 Å². The molecule has 1 atom stereocenters. The molecule has 1 amide bonds. The molecule has 0 spiro atoms. The first kappa shape index (κ1) is 13.8. The van der Waals surface area contributed by atoms with Crippen LogP contribution >= 0.6 is 15.9 Å². The maximum atomic E-state index is 11.2. The molecule has 1 fully saturated rings. The third kappa shape index (κ3) is 3.23. The van der Waals surface area contributed by atoms with Crippen LogP contribution < -0.4 is 10.2 Å². The molecule has 7 heteroatoms. The van der Waals surface area contributed by atoms with Crippen LogP contribution in [0.4, 0.5) is 5.82 Å². The Kier molecular flexibility index (Phi) is 4.04. The zero-order valence-electron chi connectivity index (χ0n) is 10.4. The number of aromatic nitrogens is 1. The van der Waals surface area contributed by atoms with Gasteiger partial charge in [0.05, 0.1) is 0 Å². The minimum absolute atomic E-state index is 0.0459. The van der Waals surface area contributed by atoms with Crippen LogP contribution in [-0.2, 0) is 4.79 Å². The van der Waals surface area contributed by atoms with E-state index in [4.69, 9.17) is 0 Å². The summed E-state index contributed by atoms with van der Waals surface area (Å²) in [6.45, 7) is 2.73. The quantitative estimate of drug-likeness (QED) is 0.873. The fourth-order valence-electron chi connectivity index (χ4n) is 2.20. The largest absolute Gasteiger partial charge is 0.478 e. The molecule has 1 aromatic heterocycles. The van der Waals surface area contributed by atoms with Gasteiger partial charge in [-0.3, -0.25) is 4.79 Å². The van der Waals surface area contributed by atoms with Crippen molar-refractivity contribution in [1.29, 1.82) is 0 Å². The SMILES string of the molecule is CC(=O)NC1CCN(c2ncc(Br)cc2C(=O)O)C1. The van der Waals surface area contributed by atoms with Gasteiger partial charge in [-0.2, -0.15) is 0 Å². The highest BCUT2D eigenvalue weighted by atomic mass is 79.9. The molecule has 0 bridgehead atoms. The van der Waals surface area contributed by atoms with Gasteiger partial charge < -0.3 is 15.3 Å². The predicted octanol–water partition coefficient (Wildman–Crippen LogP) is 1.26. The lowest BCUT2D eigenvalue weighted by atomic mass is 10.2. The number of carboxylic acids is 1. The summed E-state index contributed by atoms with van der Waals surface area (Å²) in [4.78, 5) is 28.3. The van der Waals surface area contributed by atoms with E-state index in [0.29, 0.717) is 23.4 Å². The number of amides is 1. The van der Waals surface area contributed by atoms with Crippen molar-refractivity contribution >= 4 is 33.6 Å². The van der Waals surface area contributed by atoms with E-state index >= 15 is 0 Å².